The van der Waals surface area contributed by atoms with Crippen LogP contribution in [0.1, 0.15) is 10.4 Å². The maximum absolute atomic E-state index is 11.4. The maximum atomic E-state index is 11.4. The lowest BCUT2D eigenvalue weighted by atomic mass is 10.1. The zero-order chi connectivity index (χ0) is 13.8. The molecule has 100 valence electrons. The van der Waals surface area contributed by atoms with Crippen LogP contribution in [-0.4, -0.2) is 29.4 Å². The number of ether oxygens (including phenoxy) is 1. The van der Waals surface area contributed by atoms with Gasteiger partial charge in [0.1, 0.15) is 12.4 Å². The Labute approximate surface area is 119 Å². The van der Waals surface area contributed by atoms with Crippen molar-refractivity contribution >= 4 is 37.9 Å². The molecular formula is C13H11IO5. The predicted molar refractivity (Wildman–Crippen MR) is 76.9 cm³/mol. The third-order valence-electron chi connectivity index (χ3n) is 2.61. The van der Waals surface area contributed by atoms with Crippen molar-refractivity contribution in [1.82, 2.24) is 0 Å². The molecule has 0 unspecified atom stereocenters. The molecule has 6 heteroatoms. The van der Waals surface area contributed by atoms with E-state index >= 15 is 0 Å². The Hall–Kier alpha value is -1.54. The van der Waals surface area contributed by atoms with Crippen LogP contribution in [0.5, 0.6) is 5.75 Å². The number of aromatic carboxylic acids is 1. The summed E-state index contributed by atoms with van der Waals surface area (Å²) < 4.78 is 17.1. The van der Waals surface area contributed by atoms with Gasteiger partial charge in [-0.25, -0.2) is 4.79 Å². The maximum Gasteiger partial charge on any atom is 0.336 e. The standard InChI is InChI=1S/C13H11IO5/c15-6-7-19-11-3-1-2-9-8(11)4-5-10(13(16)17)12(9)14-18/h1-5,15H,6-7H2,(H,16,17). The van der Waals surface area contributed by atoms with E-state index in [1.54, 1.807) is 24.3 Å². The highest BCUT2D eigenvalue weighted by Crippen LogP contribution is 2.32. The van der Waals surface area contributed by atoms with Crippen LogP contribution in [0.15, 0.2) is 30.3 Å². The summed E-state index contributed by atoms with van der Waals surface area (Å²) in [6.45, 7) is 0.0481. The van der Waals surface area contributed by atoms with Gasteiger partial charge in [-0.2, -0.15) is 0 Å². The van der Waals surface area contributed by atoms with Crippen molar-refractivity contribution < 1.29 is 22.8 Å². The number of carbonyl (C=O) groups is 1. The molecule has 0 aliphatic heterocycles. The Morgan fingerprint density at radius 1 is 1.21 bits per heavy atom. The summed E-state index contributed by atoms with van der Waals surface area (Å²) in [5, 5.41) is 19.2. The average Bonchev–Trinajstić information content (AvgIpc) is 2.43. The molecule has 0 aliphatic carbocycles. The van der Waals surface area contributed by atoms with Crippen molar-refractivity contribution in [2.45, 2.75) is 0 Å². The van der Waals surface area contributed by atoms with Crippen molar-refractivity contribution in [3.8, 4) is 5.75 Å². The zero-order valence-corrected chi connectivity index (χ0v) is 12.0. The smallest absolute Gasteiger partial charge is 0.336 e. The monoisotopic (exact) mass is 374 g/mol. The van der Waals surface area contributed by atoms with Gasteiger partial charge in [0, 0.05) is 10.8 Å². The van der Waals surface area contributed by atoms with E-state index in [0.717, 1.165) is 0 Å². The van der Waals surface area contributed by atoms with Gasteiger partial charge in [-0.15, -0.1) is 0 Å². The lowest BCUT2D eigenvalue weighted by Crippen LogP contribution is -2.03. The molecule has 0 fully saturated rings. The molecule has 0 atom stereocenters. The van der Waals surface area contributed by atoms with E-state index in [1.807, 2.05) is 0 Å². The fourth-order valence-electron chi connectivity index (χ4n) is 1.82. The van der Waals surface area contributed by atoms with Crippen molar-refractivity contribution in [1.29, 1.82) is 0 Å². The molecule has 19 heavy (non-hydrogen) atoms. The summed E-state index contributed by atoms with van der Waals surface area (Å²) in [5.74, 6) is -0.545. The van der Waals surface area contributed by atoms with Crippen LogP contribution in [0, 0.1) is 3.57 Å². The van der Waals surface area contributed by atoms with E-state index in [2.05, 4.69) is 0 Å². The zero-order valence-electron chi connectivity index (χ0n) is 9.80. The largest absolute Gasteiger partial charge is 0.491 e. The number of carboxylic acid groups (broad SMARTS) is 1. The van der Waals surface area contributed by atoms with E-state index in [-0.39, 0.29) is 18.8 Å². The number of halogens is 1. The van der Waals surface area contributed by atoms with Crippen molar-refractivity contribution in [3.63, 3.8) is 0 Å². The van der Waals surface area contributed by atoms with Crippen LogP contribution < -0.4 is 4.74 Å². The number of benzene rings is 2. The Morgan fingerprint density at radius 2 is 2.00 bits per heavy atom. The number of carboxylic acids is 1. The number of hydrogen-bond acceptors (Lipinski definition) is 4. The first-order valence-electron chi connectivity index (χ1n) is 5.48. The fraction of sp³-hybridized carbons (Fsp3) is 0.154. The Morgan fingerprint density at radius 3 is 2.63 bits per heavy atom. The molecule has 0 radical (unpaired) electrons. The SMILES string of the molecule is O=Ic1c(C(=O)O)ccc2c(OCCO)cccc12. The van der Waals surface area contributed by atoms with Gasteiger partial charge < -0.3 is 14.9 Å². The molecule has 2 N–H and O–H groups in total. The molecule has 2 aromatic rings. The minimum Gasteiger partial charge on any atom is -0.491 e. The second-order valence-electron chi connectivity index (χ2n) is 3.73. The highest BCUT2D eigenvalue weighted by Gasteiger charge is 2.15. The number of hydrogen-bond donors (Lipinski definition) is 2. The summed E-state index contributed by atoms with van der Waals surface area (Å²) >= 11 is -1.61. The number of aliphatic hydroxyl groups excluding tert-OH is 1. The lowest BCUT2D eigenvalue weighted by Gasteiger charge is -2.10. The van der Waals surface area contributed by atoms with Gasteiger partial charge in [-0.3, -0.25) is 3.07 Å². The first-order valence-corrected chi connectivity index (χ1v) is 7.44. The molecule has 0 spiro atoms. The van der Waals surface area contributed by atoms with E-state index in [1.165, 1.54) is 6.07 Å². The van der Waals surface area contributed by atoms with Crippen LogP contribution in [0.25, 0.3) is 10.8 Å². The van der Waals surface area contributed by atoms with Gasteiger partial charge in [0.2, 0.25) is 0 Å². The topological polar surface area (TPSA) is 83.8 Å². The molecule has 0 saturated heterocycles. The molecule has 0 saturated carbocycles. The third-order valence-corrected chi connectivity index (χ3v) is 4.21. The summed E-state index contributed by atoms with van der Waals surface area (Å²) in [5.41, 5.74) is 0.0645. The van der Waals surface area contributed by atoms with Gasteiger partial charge in [0.05, 0.1) is 15.7 Å². The van der Waals surface area contributed by atoms with E-state index < -0.39 is 27.2 Å². The second kappa shape index (κ2) is 6.07. The summed E-state index contributed by atoms with van der Waals surface area (Å²) in [6.07, 6.45) is 0. The third kappa shape index (κ3) is 2.74. The van der Waals surface area contributed by atoms with Crippen LogP contribution >= 0.6 is 21.2 Å². The lowest BCUT2D eigenvalue weighted by molar-refractivity contribution is 0.0696. The molecule has 2 aromatic carbocycles. The van der Waals surface area contributed by atoms with Gasteiger partial charge in [-0.1, -0.05) is 12.1 Å². The predicted octanol–water partition coefficient (Wildman–Crippen LogP) is 2.39. The minimum atomic E-state index is -1.61. The van der Waals surface area contributed by atoms with Gasteiger partial charge in [-0.05, 0) is 18.2 Å². The highest BCUT2D eigenvalue weighted by molar-refractivity contribution is 14.1. The summed E-state index contributed by atoms with van der Waals surface area (Å²) in [7, 11) is 0. The number of fused-ring (bicyclic) bond motifs is 1. The Kier molecular flexibility index (Phi) is 4.43. The quantitative estimate of drug-likeness (QED) is 0.786. The van der Waals surface area contributed by atoms with Crippen LogP contribution in [0.4, 0.5) is 0 Å². The normalized spacial score (nSPS) is 10.6. The summed E-state index contributed by atoms with van der Waals surface area (Å²) in [4.78, 5) is 11.1. The molecule has 0 aromatic heterocycles. The van der Waals surface area contributed by atoms with Gasteiger partial charge in [0.25, 0.3) is 0 Å². The minimum absolute atomic E-state index is 0.0645. The molecule has 0 amide bonds. The molecule has 2 rings (SSSR count). The Balaban J connectivity index is 2.66. The highest BCUT2D eigenvalue weighted by atomic mass is 127. The first kappa shape index (κ1) is 13.9. The first-order chi connectivity index (χ1) is 9.19. The molecular weight excluding hydrogens is 363 g/mol. The average molecular weight is 374 g/mol. The van der Waals surface area contributed by atoms with Crippen LogP contribution in [0.2, 0.25) is 0 Å². The summed E-state index contributed by atoms with van der Waals surface area (Å²) in [6, 6.07) is 8.23. The van der Waals surface area contributed by atoms with Crippen molar-refractivity contribution in [3.05, 3.63) is 39.5 Å². The number of rotatable bonds is 5. The molecule has 0 bridgehead atoms. The van der Waals surface area contributed by atoms with Gasteiger partial charge in [0.15, 0.2) is 21.2 Å². The van der Waals surface area contributed by atoms with E-state index in [0.29, 0.717) is 20.1 Å². The molecule has 0 heterocycles. The van der Waals surface area contributed by atoms with Crippen LogP contribution in [0.3, 0.4) is 0 Å². The number of aliphatic hydroxyl groups is 1. The second-order valence-corrected chi connectivity index (χ2v) is 5.25. The molecule has 0 aliphatic rings. The Bertz CT molecular complexity index is 638. The van der Waals surface area contributed by atoms with Crippen molar-refractivity contribution in [2.75, 3.05) is 13.2 Å². The van der Waals surface area contributed by atoms with Crippen LogP contribution in [-0.2, 0) is 3.07 Å². The van der Waals surface area contributed by atoms with E-state index in [9.17, 15) is 7.86 Å². The van der Waals surface area contributed by atoms with Crippen molar-refractivity contribution in [2.24, 2.45) is 0 Å². The van der Waals surface area contributed by atoms with Gasteiger partial charge >= 0.3 is 5.97 Å². The van der Waals surface area contributed by atoms with E-state index in [4.69, 9.17) is 14.9 Å². The molecule has 5 nitrogen and oxygen atoms in total. The fourth-order valence-corrected chi connectivity index (χ4v) is 3.18.